The number of thioether (sulfide) groups is 1. The molecule has 1 amide bonds. The number of amides is 1. The number of carbonyl (C=O) groups excluding carboxylic acids is 1. The fourth-order valence-corrected chi connectivity index (χ4v) is 4.11. The van der Waals surface area contributed by atoms with Gasteiger partial charge in [-0.15, -0.1) is 0 Å². The first-order valence-electron chi connectivity index (χ1n) is 9.75. The molecule has 2 aromatic rings. The van der Waals surface area contributed by atoms with Crippen LogP contribution in [-0.4, -0.2) is 50.0 Å². The summed E-state index contributed by atoms with van der Waals surface area (Å²) in [6, 6.07) is 0. The Morgan fingerprint density at radius 1 is 1.28 bits per heavy atom. The number of carbonyl (C=O) groups is 1. The molecule has 0 bridgehead atoms. The molecule has 0 radical (unpaired) electrons. The second kappa shape index (κ2) is 9.08. The molecule has 0 unspecified atom stereocenters. The second-order valence-electron chi connectivity index (χ2n) is 7.68. The van der Waals surface area contributed by atoms with Gasteiger partial charge in [0.15, 0.2) is 5.65 Å². The molecule has 0 aromatic carbocycles. The highest BCUT2D eigenvalue weighted by Crippen LogP contribution is 2.23. The first-order chi connectivity index (χ1) is 13.8. The van der Waals surface area contributed by atoms with Gasteiger partial charge in [-0.25, -0.2) is 14.8 Å². The van der Waals surface area contributed by atoms with Crippen LogP contribution in [0.25, 0.3) is 11.0 Å². The van der Waals surface area contributed by atoms with Crippen LogP contribution in [0.5, 0.6) is 0 Å². The van der Waals surface area contributed by atoms with E-state index in [1.54, 1.807) is 7.05 Å². The summed E-state index contributed by atoms with van der Waals surface area (Å²) in [5, 5.41) is 3.56. The Morgan fingerprint density at radius 2 is 2.03 bits per heavy atom. The topological polar surface area (TPSA) is 108 Å². The monoisotopic (exact) mass is 421 g/mol. The molecule has 0 aliphatic carbocycles. The average molecular weight is 422 g/mol. The number of fused-ring (bicyclic) bond motifs is 1. The van der Waals surface area contributed by atoms with E-state index in [0.717, 1.165) is 24.0 Å². The standard InChI is InChI=1S/C19H27N5O4S/c1-11(2)8-13-21-16-15(18(26)24(4)19(27)23(16)3)17(22-13)29-10-14(25)20-9-12-6-5-7-28-12/h11-12H,5-10H2,1-4H3,(H,20,25)/t12-/m0/s1. The summed E-state index contributed by atoms with van der Waals surface area (Å²) in [7, 11) is 3.01. The Balaban J connectivity index is 1.89. The quantitative estimate of drug-likeness (QED) is 0.515. The zero-order valence-corrected chi connectivity index (χ0v) is 18.0. The number of aromatic nitrogens is 4. The molecule has 1 N–H and O–H groups in total. The van der Waals surface area contributed by atoms with Gasteiger partial charge in [-0.1, -0.05) is 25.6 Å². The first kappa shape index (κ1) is 21.5. The van der Waals surface area contributed by atoms with E-state index in [1.807, 2.05) is 13.8 Å². The van der Waals surface area contributed by atoms with E-state index >= 15 is 0 Å². The molecule has 1 fully saturated rings. The van der Waals surface area contributed by atoms with E-state index in [-0.39, 0.29) is 23.2 Å². The molecule has 1 saturated heterocycles. The van der Waals surface area contributed by atoms with Crippen molar-refractivity contribution in [2.24, 2.45) is 20.0 Å². The normalized spacial score (nSPS) is 16.7. The van der Waals surface area contributed by atoms with Gasteiger partial charge in [0.25, 0.3) is 5.56 Å². The first-order valence-corrected chi connectivity index (χ1v) is 10.7. The Kier molecular flexibility index (Phi) is 6.74. The van der Waals surface area contributed by atoms with Crippen LogP contribution in [0.2, 0.25) is 0 Å². The Morgan fingerprint density at radius 3 is 2.69 bits per heavy atom. The van der Waals surface area contributed by atoms with Crippen molar-refractivity contribution in [3.05, 3.63) is 26.7 Å². The van der Waals surface area contributed by atoms with Crippen LogP contribution in [0.15, 0.2) is 14.6 Å². The molecule has 29 heavy (non-hydrogen) atoms. The van der Waals surface area contributed by atoms with E-state index in [9.17, 15) is 14.4 Å². The van der Waals surface area contributed by atoms with Gasteiger partial charge in [-0.05, 0) is 18.8 Å². The molecule has 9 nitrogen and oxygen atoms in total. The minimum Gasteiger partial charge on any atom is -0.376 e. The van der Waals surface area contributed by atoms with E-state index in [4.69, 9.17) is 4.74 Å². The highest BCUT2D eigenvalue weighted by molar-refractivity contribution is 8.00. The van der Waals surface area contributed by atoms with Crippen LogP contribution in [0.3, 0.4) is 0 Å². The van der Waals surface area contributed by atoms with Crippen molar-refractivity contribution in [1.82, 2.24) is 24.4 Å². The Bertz CT molecular complexity index is 1020. The van der Waals surface area contributed by atoms with Crippen LogP contribution in [0.1, 0.15) is 32.5 Å². The molecule has 0 saturated carbocycles. The minimum atomic E-state index is -0.457. The van der Waals surface area contributed by atoms with Crippen molar-refractivity contribution in [3.8, 4) is 0 Å². The minimum absolute atomic E-state index is 0.0725. The summed E-state index contributed by atoms with van der Waals surface area (Å²) in [5.74, 6) is 0.831. The Hall–Kier alpha value is -2.20. The highest BCUT2D eigenvalue weighted by Gasteiger charge is 2.20. The van der Waals surface area contributed by atoms with Crippen molar-refractivity contribution in [2.45, 2.75) is 44.2 Å². The van der Waals surface area contributed by atoms with Crippen LogP contribution in [0, 0.1) is 5.92 Å². The SMILES string of the molecule is CC(C)Cc1nc(SCC(=O)NC[C@@H]2CCCO2)c2c(=O)n(C)c(=O)n(C)c2n1. The summed E-state index contributed by atoms with van der Waals surface area (Å²) < 4.78 is 7.90. The third-order valence-corrected chi connectivity index (χ3v) is 5.77. The predicted molar refractivity (Wildman–Crippen MR) is 111 cm³/mol. The maximum atomic E-state index is 12.7. The summed E-state index contributed by atoms with van der Waals surface area (Å²) in [5.41, 5.74) is -0.602. The van der Waals surface area contributed by atoms with Crippen LogP contribution < -0.4 is 16.6 Å². The number of rotatable bonds is 7. The van der Waals surface area contributed by atoms with Gasteiger partial charge in [0, 0.05) is 33.7 Å². The molecule has 1 aliphatic heterocycles. The zero-order chi connectivity index (χ0) is 21.1. The van der Waals surface area contributed by atoms with Crippen molar-refractivity contribution >= 4 is 28.7 Å². The lowest BCUT2D eigenvalue weighted by atomic mass is 10.1. The zero-order valence-electron chi connectivity index (χ0n) is 17.2. The number of ether oxygens (including phenoxy) is 1. The molecule has 1 aliphatic rings. The smallest absolute Gasteiger partial charge is 0.332 e. The lowest BCUT2D eigenvalue weighted by Crippen LogP contribution is -2.38. The van der Waals surface area contributed by atoms with E-state index in [2.05, 4.69) is 15.3 Å². The van der Waals surface area contributed by atoms with Gasteiger partial charge in [-0.2, -0.15) is 0 Å². The number of nitrogens with zero attached hydrogens (tertiary/aromatic N) is 4. The van der Waals surface area contributed by atoms with Gasteiger partial charge >= 0.3 is 5.69 Å². The van der Waals surface area contributed by atoms with Crippen LogP contribution in [-0.2, 0) is 30.0 Å². The fourth-order valence-electron chi connectivity index (χ4n) is 3.25. The summed E-state index contributed by atoms with van der Waals surface area (Å²) in [6.45, 7) is 5.31. The molecule has 10 heteroatoms. The number of hydrogen-bond acceptors (Lipinski definition) is 7. The largest absolute Gasteiger partial charge is 0.376 e. The fraction of sp³-hybridized carbons (Fsp3) is 0.632. The third-order valence-electron chi connectivity index (χ3n) is 4.79. The molecule has 3 heterocycles. The van der Waals surface area contributed by atoms with Crippen molar-refractivity contribution in [2.75, 3.05) is 18.9 Å². The van der Waals surface area contributed by atoms with Crippen molar-refractivity contribution in [1.29, 1.82) is 0 Å². The molecule has 2 aromatic heterocycles. The average Bonchev–Trinajstić information content (AvgIpc) is 3.20. The third kappa shape index (κ3) is 4.87. The Labute approximate surface area is 172 Å². The van der Waals surface area contributed by atoms with Gasteiger partial charge in [0.1, 0.15) is 16.2 Å². The summed E-state index contributed by atoms with van der Waals surface area (Å²) in [6.07, 6.45) is 2.65. The van der Waals surface area contributed by atoms with Gasteiger partial charge in [0.05, 0.1) is 11.9 Å². The number of nitrogens with one attached hydrogen (secondary N) is 1. The number of hydrogen-bond donors (Lipinski definition) is 1. The molecular formula is C19H27N5O4S. The van der Waals surface area contributed by atoms with Gasteiger partial charge < -0.3 is 10.1 Å². The molecule has 158 valence electrons. The van der Waals surface area contributed by atoms with Gasteiger partial charge in [-0.3, -0.25) is 18.7 Å². The van der Waals surface area contributed by atoms with E-state index in [0.29, 0.717) is 35.4 Å². The molecular weight excluding hydrogens is 394 g/mol. The second-order valence-corrected chi connectivity index (χ2v) is 8.64. The molecule has 3 rings (SSSR count). The van der Waals surface area contributed by atoms with Gasteiger partial charge in [0.2, 0.25) is 5.91 Å². The maximum absolute atomic E-state index is 12.7. The van der Waals surface area contributed by atoms with Crippen LogP contribution in [0.4, 0.5) is 0 Å². The van der Waals surface area contributed by atoms with Crippen molar-refractivity contribution < 1.29 is 9.53 Å². The summed E-state index contributed by atoms with van der Waals surface area (Å²) >= 11 is 1.19. The predicted octanol–water partition coefficient (Wildman–Crippen LogP) is 0.613. The van der Waals surface area contributed by atoms with E-state index in [1.165, 1.54) is 23.4 Å². The lowest BCUT2D eigenvalue weighted by molar-refractivity contribution is -0.119. The highest BCUT2D eigenvalue weighted by atomic mass is 32.2. The van der Waals surface area contributed by atoms with E-state index < -0.39 is 11.2 Å². The van der Waals surface area contributed by atoms with Crippen molar-refractivity contribution in [3.63, 3.8) is 0 Å². The summed E-state index contributed by atoms with van der Waals surface area (Å²) in [4.78, 5) is 46.3. The number of aryl methyl sites for hydroxylation is 1. The molecule has 1 atom stereocenters. The maximum Gasteiger partial charge on any atom is 0.332 e. The molecule has 0 spiro atoms. The lowest BCUT2D eigenvalue weighted by Gasteiger charge is -2.13. The van der Waals surface area contributed by atoms with Crippen LogP contribution >= 0.6 is 11.8 Å².